The van der Waals surface area contributed by atoms with Crippen molar-refractivity contribution in [2.45, 2.75) is 6.04 Å². The molecule has 0 amide bonds. The summed E-state index contributed by atoms with van der Waals surface area (Å²) in [5.41, 5.74) is 2.56. The van der Waals surface area contributed by atoms with Gasteiger partial charge in [-0.3, -0.25) is 0 Å². The Morgan fingerprint density at radius 1 is 0.931 bits per heavy atom. The van der Waals surface area contributed by atoms with Crippen LogP contribution in [-0.2, 0) is 0 Å². The predicted molar refractivity (Wildman–Crippen MR) is 115 cm³/mol. The second-order valence-electron chi connectivity index (χ2n) is 6.29. The fraction of sp³-hybridized carbons (Fsp3) is 0.0909. The van der Waals surface area contributed by atoms with Gasteiger partial charge in [0.2, 0.25) is 11.8 Å². The molecule has 0 aliphatic carbocycles. The van der Waals surface area contributed by atoms with E-state index >= 15 is 0 Å². The van der Waals surface area contributed by atoms with Crippen LogP contribution in [0.5, 0.6) is 5.75 Å². The fourth-order valence-corrected chi connectivity index (χ4v) is 3.30. The number of anilines is 1. The molecule has 29 heavy (non-hydrogen) atoms. The van der Waals surface area contributed by atoms with Crippen LogP contribution in [0.3, 0.4) is 0 Å². The normalized spacial score (nSPS) is 11.8. The number of ether oxygens (including phenoxy) is 1. The van der Waals surface area contributed by atoms with Gasteiger partial charge < -0.3 is 14.5 Å². The molecule has 0 saturated carbocycles. The molecule has 1 N–H and O–H groups in total. The summed E-state index contributed by atoms with van der Waals surface area (Å²) in [6, 6.07) is 22.2. The molecule has 7 heteroatoms. The van der Waals surface area contributed by atoms with Crippen molar-refractivity contribution in [2.24, 2.45) is 0 Å². The highest BCUT2D eigenvalue weighted by molar-refractivity contribution is 6.32. The van der Waals surface area contributed by atoms with Crippen LogP contribution < -0.4 is 10.1 Å². The highest BCUT2D eigenvalue weighted by atomic mass is 35.5. The number of nitrogens with zero attached hydrogens (tertiary/aromatic N) is 2. The van der Waals surface area contributed by atoms with E-state index in [9.17, 15) is 0 Å². The summed E-state index contributed by atoms with van der Waals surface area (Å²) in [5.74, 6) is 1.48. The van der Waals surface area contributed by atoms with Gasteiger partial charge >= 0.3 is 0 Å². The van der Waals surface area contributed by atoms with Crippen LogP contribution in [0.25, 0.3) is 11.5 Å². The minimum Gasteiger partial charge on any atom is -0.495 e. The third kappa shape index (κ3) is 4.36. The van der Waals surface area contributed by atoms with Crippen LogP contribution in [0, 0.1) is 0 Å². The number of methoxy groups -OCH3 is 1. The van der Waals surface area contributed by atoms with Gasteiger partial charge in [0.15, 0.2) is 0 Å². The molecule has 146 valence electrons. The van der Waals surface area contributed by atoms with Crippen LogP contribution in [0.1, 0.15) is 17.5 Å². The van der Waals surface area contributed by atoms with E-state index in [4.69, 9.17) is 32.4 Å². The maximum Gasteiger partial charge on any atom is 0.247 e. The third-order valence-electron chi connectivity index (χ3n) is 4.37. The van der Waals surface area contributed by atoms with Gasteiger partial charge in [-0.25, -0.2) is 0 Å². The van der Waals surface area contributed by atoms with Gasteiger partial charge in [0.05, 0.1) is 12.1 Å². The molecule has 1 atom stereocenters. The van der Waals surface area contributed by atoms with E-state index in [2.05, 4.69) is 15.5 Å². The van der Waals surface area contributed by atoms with E-state index in [0.29, 0.717) is 27.6 Å². The molecule has 0 aliphatic heterocycles. The van der Waals surface area contributed by atoms with Gasteiger partial charge in [-0.2, -0.15) is 0 Å². The Hall–Kier alpha value is -3.02. The molecule has 5 nitrogen and oxygen atoms in total. The van der Waals surface area contributed by atoms with E-state index in [-0.39, 0.29) is 6.04 Å². The van der Waals surface area contributed by atoms with Gasteiger partial charge in [-0.15, -0.1) is 10.2 Å². The lowest BCUT2D eigenvalue weighted by Crippen LogP contribution is -2.13. The first-order valence-electron chi connectivity index (χ1n) is 8.88. The van der Waals surface area contributed by atoms with E-state index in [1.807, 2.05) is 60.7 Å². The van der Waals surface area contributed by atoms with Crippen molar-refractivity contribution < 1.29 is 9.15 Å². The molecule has 3 aromatic carbocycles. The molecule has 4 aromatic rings. The van der Waals surface area contributed by atoms with Crippen LogP contribution in [-0.4, -0.2) is 17.3 Å². The molecule has 0 aliphatic rings. The van der Waals surface area contributed by atoms with Crippen molar-refractivity contribution in [1.29, 1.82) is 0 Å². The minimum absolute atomic E-state index is 0.387. The number of aromatic nitrogens is 2. The highest BCUT2D eigenvalue weighted by Crippen LogP contribution is 2.32. The molecule has 0 fully saturated rings. The molecule has 4 rings (SSSR count). The molecule has 0 radical (unpaired) electrons. The zero-order chi connectivity index (χ0) is 20.2. The quantitative estimate of drug-likeness (QED) is 0.395. The second-order valence-corrected chi connectivity index (χ2v) is 7.13. The van der Waals surface area contributed by atoms with Crippen LogP contribution in [0.2, 0.25) is 10.0 Å². The van der Waals surface area contributed by atoms with Crippen LogP contribution in [0.4, 0.5) is 5.69 Å². The maximum absolute atomic E-state index is 6.28. The standard InChI is InChI=1S/C22H17Cl2N3O2/c1-28-19-12-11-17(13-18(19)24)25-20(14-7-9-16(23)10-8-14)22-27-26-21(29-22)15-5-3-2-4-6-15/h2-13,20,25H,1H3/t20-/m0/s1. The zero-order valence-corrected chi connectivity index (χ0v) is 17.0. The molecule has 0 bridgehead atoms. The van der Waals surface area contributed by atoms with E-state index in [0.717, 1.165) is 16.8 Å². The number of hydrogen-bond donors (Lipinski definition) is 1. The summed E-state index contributed by atoms with van der Waals surface area (Å²) < 4.78 is 11.2. The molecular weight excluding hydrogens is 409 g/mol. The average molecular weight is 426 g/mol. The molecule has 0 saturated heterocycles. The largest absolute Gasteiger partial charge is 0.495 e. The molecule has 0 unspecified atom stereocenters. The molecule has 0 spiro atoms. The first kappa shape index (κ1) is 19.3. The summed E-state index contributed by atoms with van der Waals surface area (Å²) >= 11 is 12.3. The third-order valence-corrected chi connectivity index (χ3v) is 4.92. The molecule has 1 heterocycles. The first-order valence-corrected chi connectivity index (χ1v) is 9.64. The topological polar surface area (TPSA) is 60.2 Å². The van der Waals surface area contributed by atoms with Crippen LogP contribution >= 0.6 is 23.2 Å². The molecular formula is C22H17Cl2N3O2. The Kier molecular flexibility index (Phi) is 5.69. The van der Waals surface area contributed by atoms with Gasteiger partial charge in [-0.1, -0.05) is 53.5 Å². The van der Waals surface area contributed by atoms with Crippen molar-refractivity contribution in [3.63, 3.8) is 0 Å². The van der Waals surface area contributed by atoms with E-state index in [1.54, 1.807) is 19.2 Å². The SMILES string of the molecule is COc1ccc(N[C@@H](c2ccc(Cl)cc2)c2nnc(-c3ccccc3)o2)cc1Cl. The van der Waals surface area contributed by atoms with Crippen LogP contribution in [0.15, 0.2) is 77.2 Å². The monoisotopic (exact) mass is 425 g/mol. The van der Waals surface area contributed by atoms with Gasteiger partial charge in [0, 0.05) is 16.3 Å². The predicted octanol–water partition coefficient (Wildman–Crippen LogP) is 6.25. The Labute approximate surface area is 178 Å². The van der Waals surface area contributed by atoms with Gasteiger partial charge in [0.1, 0.15) is 11.8 Å². The second kappa shape index (κ2) is 8.55. The Balaban J connectivity index is 1.70. The lowest BCUT2D eigenvalue weighted by atomic mass is 10.1. The van der Waals surface area contributed by atoms with Crippen molar-refractivity contribution in [2.75, 3.05) is 12.4 Å². The van der Waals surface area contributed by atoms with Gasteiger partial charge in [-0.05, 0) is 48.0 Å². The smallest absolute Gasteiger partial charge is 0.247 e. The van der Waals surface area contributed by atoms with E-state index < -0.39 is 0 Å². The number of halogens is 2. The molecule has 1 aromatic heterocycles. The van der Waals surface area contributed by atoms with Crippen molar-refractivity contribution in [3.8, 4) is 17.2 Å². The Morgan fingerprint density at radius 2 is 1.69 bits per heavy atom. The summed E-state index contributed by atoms with van der Waals surface area (Å²) in [7, 11) is 1.58. The van der Waals surface area contributed by atoms with E-state index in [1.165, 1.54) is 0 Å². The zero-order valence-electron chi connectivity index (χ0n) is 15.5. The average Bonchev–Trinajstić information content (AvgIpc) is 3.23. The fourth-order valence-electron chi connectivity index (χ4n) is 2.91. The lowest BCUT2D eigenvalue weighted by molar-refractivity contribution is 0.415. The Morgan fingerprint density at radius 3 is 2.38 bits per heavy atom. The number of nitrogens with one attached hydrogen (secondary N) is 1. The summed E-state index contributed by atoms with van der Waals surface area (Å²) in [6.07, 6.45) is 0. The highest BCUT2D eigenvalue weighted by Gasteiger charge is 2.22. The van der Waals surface area contributed by atoms with Gasteiger partial charge in [0.25, 0.3) is 0 Å². The summed E-state index contributed by atoms with van der Waals surface area (Å²) in [6.45, 7) is 0. The lowest BCUT2D eigenvalue weighted by Gasteiger charge is -2.18. The minimum atomic E-state index is -0.387. The summed E-state index contributed by atoms with van der Waals surface area (Å²) in [5, 5.41) is 13.0. The number of rotatable bonds is 6. The maximum atomic E-state index is 6.28. The van der Waals surface area contributed by atoms with Crippen molar-refractivity contribution in [3.05, 3.63) is 94.3 Å². The Bertz CT molecular complexity index is 1100. The van der Waals surface area contributed by atoms with Crippen molar-refractivity contribution in [1.82, 2.24) is 10.2 Å². The number of benzene rings is 3. The first-order chi connectivity index (χ1) is 14.1. The number of hydrogen-bond acceptors (Lipinski definition) is 5. The summed E-state index contributed by atoms with van der Waals surface area (Å²) in [4.78, 5) is 0. The van der Waals surface area contributed by atoms with Crippen molar-refractivity contribution >= 4 is 28.9 Å².